The van der Waals surface area contributed by atoms with E-state index in [4.69, 9.17) is 9.47 Å². The molecule has 4 aromatic heterocycles. The van der Waals surface area contributed by atoms with E-state index in [2.05, 4.69) is 44.6 Å². The van der Waals surface area contributed by atoms with Crippen LogP contribution in [0.5, 0.6) is 0 Å². The fourth-order valence-corrected chi connectivity index (χ4v) is 4.39. The number of nitrogens with zero attached hydrogens (tertiary/aromatic N) is 6. The Balaban J connectivity index is 1.28. The molecule has 4 heterocycles. The van der Waals surface area contributed by atoms with Gasteiger partial charge in [-0.3, -0.25) is 4.40 Å². The molecule has 0 radical (unpaired) electrons. The van der Waals surface area contributed by atoms with Crippen LogP contribution in [0, 0.1) is 0 Å². The zero-order valence-corrected chi connectivity index (χ0v) is 18.6. The van der Waals surface area contributed by atoms with E-state index in [0.29, 0.717) is 31.3 Å². The highest BCUT2D eigenvalue weighted by Gasteiger charge is 2.22. The number of hydrogen-bond donors (Lipinski definition) is 1. The number of imidazole rings is 1. The topological polar surface area (TPSA) is 90.9 Å². The van der Waals surface area contributed by atoms with Crippen LogP contribution in [0.25, 0.3) is 22.4 Å². The van der Waals surface area contributed by atoms with Crippen molar-refractivity contribution in [2.75, 3.05) is 25.6 Å². The molecule has 1 N–H and O–H groups in total. The standard InChI is InChI=1S/C23H29N7O2/c1-3-18-13-26-23-25-12-16(15-29(18)23)20-8-9-30-21(20)14-24-22(28-30)27-17-4-6-19(7-5-17)32-11-10-31-2/h8-9,12-15,17,19H,3-7,10-11H2,1-2H3,(H,27,28). The first-order valence-electron chi connectivity index (χ1n) is 11.3. The quantitative estimate of drug-likeness (QED) is 0.424. The van der Waals surface area contributed by atoms with Gasteiger partial charge in [-0.05, 0) is 38.2 Å². The summed E-state index contributed by atoms with van der Waals surface area (Å²) in [6.45, 7) is 3.43. The van der Waals surface area contributed by atoms with Gasteiger partial charge in [0.15, 0.2) is 0 Å². The van der Waals surface area contributed by atoms with Crippen molar-refractivity contribution in [2.24, 2.45) is 0 Å². The molecule has 1 fully saturated rings. The lowest BCUT2D eigenvalue weighted by Gasteiger charge is -2.29. The van der Waals surface area contributed by atoms with E-state index in [1.165, 1.54) is 0 Å². The average molecular weight is 436 g/mol. The van der Waals surface area contributed by atoms with Crippen LogP contribution in [0.3, 0.4) is 0 Å². The zero-order valence-electron chi connectivity index (χ0n) is 18.6. The number of aromatic nitrogens is 6. The molecule has 5 rings (SSSR count). The van der Waals surface area contributed by atoms with Crippen LogP contribution in [-0.2, 0) is 15.9 Å². The highest BCUT2D eigenvalue weighted by atomic mass is 16.5. The molecule has 0 amide bonds. The molecule has 0 spiro atoms. The molecular formula is C23H29N7O2. The van der Waals surface area contributed by atoms with Gasteiger partial charge in [-0.2, -0.15) is 0 Å². The van der Waals surface area contributed by atoms with Crippen LogP contribution in [0.1, 0.15) is 38.3 Å². The molecule has 1 aliphatic rings. The largest absolute Gasteiger partial charge is 0.382 e. The maximum atomic E-state index is 5.86. The number of rotatable bonds is 8. The van der Waals surface area contributed by atoms with Gasteiger partial charge >= 0.3 is 0 Å². The van der Waals surface area contributed by atoms with Gasteiger partial charge in [0.2, 0.25) is 11.7 Å². The van der Waals surface area contributed by atoms with E-state index >= 15 is 0 Å². The molecule has 1 aliphatic carbocycles. The van der Waals surface area contributed by atoms with Crippen LogP contribution < -0.4 is 5.32 Å². The number of ether oxygens (including phenoxy) is 2. The third kappa shape index (κ3) is 4.18. The van der Waals surface area contributed by atoms with Gasteiger partial charge in [0.25, 0.3) is 0 Å². The Kier molecular flexibility index (Phi) is 6.00. The van der Waals surface area contributed by atoms with E-state index in [0.717, 1.165) is 60.2 Å². The minimum Gasteiger partial charge on any atom is -0.382 e. The molecule has 0 saturated heterocycles. The van der Waals surface area contributed by atoms with Crippen molar-refractivity contribution >= 4 is 17.2 Å². The van der Waals surface area contributed by atoms with E-state index in [1.54, 1.807) is 7.11 Å². The zero-order chi connectivity index (χ0) is 21.9. The number of aryl methyl sites for hydroxylation is 1. The first-order chi connectivity index (χ1) is 15.7. The smallest absolute Gasteiger partial charge is 0.241 e. The monoisotopic (exact) mass is 435 g/mol. The van der Waals surface area contributed by atoms with Gasteiger partial charge in [-0.1, -0.05) is 6.92 Å². The van der Waals surface area contributed by atoms with Crippen LogP contribution in [0.2, 0.25) is 0 Å². The van der Waals surface area contributed by atoms with Gasteiger partial charge < -0.3 is 14.8 Å². The lowest BCUT2D eigenvalue weighted by atomic mass is 9.93. The summed E-state index contributed by atoms with van der Waals surface area (Å²) in [6.07, 6.45) is 15.1. The Labute approximate surface area is 186 Å². The van der Waals surface area contributed by atoms with Crippen molar-refractivity contribution in [3.8, 4) is 11.1 Å². The Morgan fingerprint density at radius 1 is 1.06 bits per heavy atom. The predicted molar refractivity (Wildman–Crippen MR) is 122 cm³/mol. The average Bonchev–Trinajstić information content (AvgIpc) is 3.43. The van der Waals surface area contributed by atoms with Crippen molar-refractivity contribution in [3.05, 3.63) is 42.7 Å². The lowest BCUT2D eigenvalue weighted by molar-refractivity contribution is -0.00158. The summed E-state index contributed by atoms with van der Waals surface area (Å²) in [5, 5.41) is 8.19. The summed E-state index contributed by atoms with van der Waals surface area (Å²) in [6, 6.07) is 2.42. The third-order valence-corrected chi connectivity index (χ3v) is 6.18. The molecule has 32 heavy (non-hydrogen) atoms. The molecule has 0 unspecified atom stereocenters. The molecular weight excluding hydrogens is 406 g/mol. The fourth-order valence-electron chi connectivity index (χ4n) is 4.39. The molecule has 0 aromatic carbocycles. The Morgan fingerprint density at radius 3 is 2.72 bits per heavy atom. The summed E-state index contributed by atoms with van der Waals surface area (Å²) >= 11 is 0. The molecule has 4 aromatic rings. The maximum absolute atomic E-state index is 5.86. The minimum absolute atomic E-state index is 0.327. The van der Waals surface area contributed by atoms with Crippen molar-refractivity contribution in [3.63, 3.8) is 0 Å². The molecule has 9 heteroatoms. The Hall–Kier alpha value is -3.04. The van der Waals surface area contributed by atoms with Crippen LogP contribution in [0.15, 0.2) is 37.1 Å². The summed E-state index contributed by atoms with van der Waals surface area (Å²) in [5.74, 6) is 1.37. The highest BCUT2D eigenvalue weighted by Crippen LogP contribution is 2.26. The summed E-state index contributed by atoms with van der Waals surface area (Å²) < 4.78 is 14.8. The summed E-state index contributed by atoms with van der Waals surface area (Å²) in [4.78, 5) is 13.5. The summed E-state index contributed by atoms with van der Waals surface area (Å²) in [7, 11) is 1.70. The summed E-state index contributed by atoms with van der Waals surface area (Å²) in [5.41, 5.74) is 4.16. The molecule has 0 aliphatic heterocycles. The molecule has 0 bridgehead atoms. The number of hydrogen-bond acceptors (Lipinski definition) is 7. The first-order valence-corrected chi connectivity index (χ1v) is 11.3. The minimum atomic E-state index is 0.327. The third-order valence-electron chi connectivity index (χ3n) is 6.18. The number of nitrogens with one attached hydrogen (secondary N) is 1. The Morgan fingerprint density at radius 2 is 1.91 bits per heavy atom. The number of methoxy groups -OCH3 is 1. The highest BCUT2D eigenvalue weighted by molar-refractivity contribution is 5.79. The molecule has 9 nitrogen and oxygen atoms in total. The SMILES string of the molecule is CCc1cnc2ncc(-c3ccn4nc(NC5CCC(OCCOC)CC5)ncc34)cn12. The Bertz CT molecular complexity index is 1190. The van der Waals surface area contributed by atoms with Gasteiger partial charge in [0, 0.05) is 48.6 Å². The van der Waals surface area contributed by atoms with Crippen molar-refractivity contribution < 1.29 is 9.47 Å². The fraction of sp³-hybridized carbons (Fsp3) is 0.478. The van der Waals surface area contributed by atoms with Crippen LogP contribution in [-0.4, -0.2) is 61.4 Å². The molecule has 0 atom stereocenters. The predicted octanol–water partition coefficient (Wildman–Crippen LogP) is 3.39. The van der Waals surface area contributed by atoms with Crippen LogP contribution in [0.4, 0.5) is 5.95 Å². The maximum Gasteiger partial charge on any atom is 0.241 e. The van der Waals surface area contributed by atoms with E-state index in [1.807, 2.05) is 33.7 Å². The van der Waals surface area contributed by atoms with Gasteiger partial charge in [0.1, 0.15) is 0 Å². The van der Waals surface area contributed by atoms with Crippen LogP contribution >= 0.6 is 0 Å². The normalized spacial score (nSPS) is 19.1. The number of anilines is 1. The van der Waals surface area contributed by atoms with E-state index < -0.39 is 0 Å². The van der Waals surface area contributed by atoms with Crippen molar-refractivity contribution in [1.82, 2.24) is 29.0 Å². The second-order valence-corrected chi connectivity index (χ2v) is 8.24. The van der Waals surface area contributed by atoms with Gasteiger partial charge in [-0.25, -0.2) is 19.5 Å². The van der Waals surface area contributed by atoms with E-state index in [9.17, 15) is 0 Å². The van der Waals surface area contributed by atoms with Crippen molar-refractivity contribution in [1.29, 1.82) is 0 Å². The molecule has 168 valence electrons. The van der Waals surface area contributed by atoms with E-state index in [-0.39, 0.29) is 0 Å². The van der Waals surface area contributed by atoms with Crippen molar-refractivity contribution in [2.45, 2.75) is 51.2 Å². The van der Waals surface area contributed by atoms with Gasteiger partial charge in [0.05, 0.1) is 37.2 Å². The number of fused-ring (bicyclic) bond motifs is 2. The first kappa shape index (κ1) is 20.8. The lowest BCUT2D eigenvalue weighted by Crippen LogP contribution is -2.31. The molecule has 1 saturated carbocycles. The second-order valence-electron chi connectivity index (χ2n) is 8.24. The second kappa shape index (κ2) is 9.22. The van der Waals surface area contributed by atoms with Gasteiger partial charge in [-0.15, -0.1) is 5.10 Å².